The van der Waals surface area contributed by atoms with Crippen LogP contribution in [0.1, 0.15) is 25.7 Å². The number of hydrogen-bond donors (Lipinski definition) is 0. The van der Waals surface area contributed by atoms with Crippen LogP contribution in [0.15, 0.2) is 0 Å². The third-order valence-corrected chi connectivity index (χ3v) is 2.45. The summed E-state index contributed by atoms with van der Waals surface area (Å²) >= 11 is 6.79. The fourth-order valence-electron chi connectivity index (χ4n) is 0.847. The molecule has 0 amide bonds. The summed E-state index contributed by atoms with van der Waals surface area (Å²) in [5.41, 5.74) is 0. The summed E-state index contributed by atoms with van der Waals surface area (Å²) in [6.45, 7) is 0. The van der Waals surface area contributed by atoms with Gasteiger partial charge in [-0.2, -0.15) is 0 Å². The zero-order valence-corrected chi connectivity index (χ0v) is 10.4. The summed E-state index contributed by atoms with van der Waals surface area (Å²) in [6.07, 6.45) is 4.80. The Balaban J connectivity index is 3.05. The molecule has 0 aliphatic heterocycles. The van der Waals surface area contributed by atoms with E-state index in [1.807, 2.05) is 0 Å². The predicted octanol–water partition coefficient (Wildman–Crippen LogP) is 3.00. The molecule has 0 aromatic rings. The standard InChI is InChI=1S/C7H13BBr2O2/c1-12-7(11)5-3-2-4-6-8(9)10/h2-6H2,1H3. The van der Waals surface area contributed by atoms with Gasteiger partial charge in [-0.25, -0.2) is 0 Å². The van der Waals surface area contributed by atoms with Gasteiger partial charge in [0.1, 0.15) is 0 Å². The first-order chi connectivity index (χ1) is 5.66. The number of unbranched alkanes of at least 4 members (excludes halogenated alkanes) is 2. The number of halogens is 2. The number of rotatable bonds is 6. The van der Waals surface area contributed by atoms with Gasteiger partial charge in [-0.1, -0.05) is 19.2 Å². The molecule has 0 spiro atoms. The van der Waals surface area contributed by atoms with Gasteiger partial charge in [0.05, 0.1) is 7.11 Å². The number of carbonyl (C=O) groups is 1. The average molecular weight is 300 g/mol. The van der Waals surface area contributed by atoms with Gasteiger partial charge < -0.3 is 4.74 Å². The highest BCUT2D eigenvalue weighted by Crippen LogP contribution is 2.14. The molecule has 0 aliphatic rings. The molecule has 0 aromatic heterocycles. The van der Waals surface area contributed by atoms with E-state index >= 15 is 0 Å². The molecule has 0 saturated carbocycles. The number of methoxy groups -OCH3 is 1. The van der Waals surface area contributed by atoms with Crippen LogP contribution >= 0.6 is 31.5 Å². The predicted molar refractivity (Wildman–Crippen MR) is 58.9 cm³/mol. The Hall–Kier alpha value is 0.495. The fraction of sp³-hybridized carbons (Fsp3) is 0.857. The summed E-state index contributed by atoms with van der Waals surface area (Å²) in [5, 5.41) is 0. The first-order valence-corrected chi connectivity index (χ1v) is 5.85. The molecule has 0 rings (SSSR count). The second-order valence-corrected chi connectivity index (χ2v) is 6.01. The largest absolute Gasteiger partial charge is 0.469 e. The van der Waals surface area contributed by atoms with Gasteiger partial charge in [-0.15, -0.1) is 31.5 Å². The zero-order valence-electron chi connectivity index (χ0n) is 7.19. The van der Waals surface area contributed by atoms with Crippen molar-refractivity contribution >= 4 is 41.8 Å². The SMILES string of the molecule is COC(=O)CCCCCB(Br)Br. The summed E-state index contributed by atoms with van der Waals surface area (Å²) in [7, 11) is 1.43. The highest BCUT2D eigenvalue weighted by Gasteiger charge is 2.03. The van der Waals surface area contributed by atoms with Crippen molar-refractivity contribution in [3.05, 3.63) is 0 Å². The van der Waals surface area contributed by atoms with Gasteiger partial charge >= 0.3 is 5.97 Å². The van der Waals surface area contributed by atoms with Crippen LogP contribution in [0.3, 0.4) is 0 Å². The van der Waals surface area contributed by atoms with Crippen molar-refractivity contribution in [3.63, 3.8) is 0 Å². The van der Waals surface area contributed by atoms with Gasteiger partial charge in [-0.3, -0.25) is 4.79 Å². The van der Waals surface area contributed by atoms with E-state index in [1.165, 1.54) is 7.11 Å². The van der Waals surface area contributed by atoms with E-state index in [9.17, 15) is 4.79 Å². The van der Waals surface area contributed by atoms with Crippen LogP contribution in [0.25, 0.3) is 0 Å². The van der Waals surface area contributed by atoms with Crippen molar-refractivity contribution in [2.75, 3.05) is 7.11 Å². The Kier molecular flexibility index (Phi) is 8.44. The fourth-order valence-corrected chi connectivity index (χ4v) is 1.49. The molecular weight excluding hydrogens is 287 g/mol. The van der Waals surface area contributed by atoms with E-state index in [0.717, 1.165) is 25.6 Å². The molecule has 0 heterocycles. The van der Waals surface area contributed by atoms with E-state index in [0.29, 0.717) is 10.8 Å². The van der Waals surface area contributed by atoms with Crippen LogP contribution in [0.5, 0.6) is 0 Å². The molecule has 0 aliphatic carbocycles. The lowest BCUT2D eigenvalue weighted by molar-refractivity contribution is -0.140. The molecule has 12 heavy (non-hydrogen) atoms. The first-order valence-electron chi connectivity index (χ1n) is 4.01. The second-order valence-electron chi connectivity index (χ2n) is 2.57. The Morgan fingerprint density at radius 3 is 2.50 bits per heavy atom. The lowest BCUT2D eigenvalue weighted by atomic mass is 9.98. The molecule has 0 N–H and O–H groups in total. The Morgan fingerprint density at radius 2 is 2.00 bits per heavy atom. The molecule has 2 nitrogen and oxygen atoms in total. The molecule has 0 saturated heterocycles. The van der Waals surface area contributed by atoms with Crippen LogP contribution in [-0.2, 0) is 9.53 Å². The first kappa shape index (κ1) is 12.5. The van der Waals surface area contributed by atoms with Crippen molar-refractivity contribution in [1.82, 2.24) is 0 Å². The normalized spacial score (nSPS) is 9.58. The van der Waals surface area contributed by atoms with Gasteiger partial charge in [0.15, 0.2) is 0 Å². The maximum atomic E-state index is 10.7. The second kappa shape index (κ2) is 8.11. The van der Waals surface area contributed by atoms with E-state index in [1.54, 1.807) is 0 Å². The van der Waals surface area contributed by atoms with Crippen molar-refractivity contribution in [1.29, 1.82) is 0 Å². The minimum absolute atomic E-state index is 0.107. The van der Waals surface area contributed by atoms with Crippen LogP contribution < -0.4 is 0 Å². The lowest BCUT2D eigenvalue weighted by Gasteiger charge is -1.99. The minimum atomic E-state index is -0.107. The lowest BCUT2D eigenvalue weighted by Crippen LogP contribution is -1.99. The summed E-state index contributed by atoms with van der Waals surface area (Å²) in [4.78, 5) is 10.7. The van der Waals surface area contributed by atoms with Crippen molar-refractivity contribution in [2.45, 2.75) is 32.0 Å². The maximum absolute atomic E-state index is 10.7. The van der Waals surface area contributed by atoms with Gasteiger partial charge in [0, 0.05) is 6.42 Å². The Bertz CT molecular complexity index is 131. The molecule has 0 radical (unpaired) electrons. The zero-order chi connectivity index (χ0) is 9.40. The number of carbonyl (C=O) groups excluding carboxylic acids is 1. The Morgan fingerprint density at radius 1 is 1.33 bits per heavy atom. The Labute approximate surface area is 90.4 Å². The van der Waals surface area contributed by atoms with Crippen molar-refractivity contribution < 1.29 is 9.53 Å². The number of esters is 1. The molecular formula is C7H13BBr2O2. The van der Waals surface area contributed by atoms with Gasteiger partial charge in [0.2, 0.25) is 0 Å². The van der Waals surface area contributed by atoms with Crippen molar-refractivity contribution in [2.24, 2.45) is 0 Å². The average Bonchev–Trinajstić information content (AvgIpc) is 2.03. The monoisotopic (exact) mass is 298 g/mol. The van der Waals surface area contributed by atoms with Crippen molar-refractivity contribution in [3.8, 4) is 0 Å². The molecule has 0 atom stereocenters. The number of hydrogen-bond acceptors (Lipinski definition) is 2. The molecule has 0 fully saturated rings. The number of ether oxygens (including phenoxy) is 1. The van der Waals surface area contributed by atoms with Crippen LogP contribution in [-0.4, -0.2) is 17.4 Å². The maximum Gasteiger partial charge on any atom is 0.305 e. The molecule has 0 aromatic carbocycles. The highest BCUT2D eigenvalue weighted by molar-refractivity contribution is 9.49. The summed E-state index contributed by atoms with van der Waals surface area (Å²) in [5.74, 6) is -0.107. The smallest absolute Gasteiger partial charge is 0.305 e. The van der Waals surface area contributed by atoms with E-state index in [4.69, 9.17) is 0 Å². The van der Waals surface area contributed by atoms with E-state index < -0.39 is 0 Å². The van der Waals surface area contributed by atoms with E-state index in [-0.39, 0.29) is 5.97 Å². The van der Waals surface area contributed by atoms with E-state index in [2.05, 4.69) is 36.3 Å². The summed E-state index contributed by atoms with van der Waals surface area (Å²) < 4.78 is 4.93. The third kappa shape index (κ3) is 8.59. The van der Waals surface area contributed by atoms with Crippen LogP contribution in [0.2, 0.25) is 6.32 Å². The van der Waals surface area contributed by atoms with Crippen LogP contribution in [0.4, 0.5) is 0 Å². The van der Waals surface area contributed by atoms with Gasteiger partial charge in [0.25, 0.3) is 4.36 Å². The quantitative estimate of drug-likeness (QED) is 0.428. The van der Waals surface area contributed by atoms with Gasteiger partial charge in [-0.05, 0) is 6.42 Å². The molecule has 70 valence electrons. The van der Waals surface area contributed by atoms with Crippen LogP contribution in [0, 0.1) is 0 Å². The highest BCUT2D eigenvalue weighted by atomic mass is 79.9. The third-order valence-electron chi connectivity index (χ3n) is 1.53. The molecule has 5 heteroatoms. The molecule has 0 unspecified atom stereocenters. The molecule has 0 bridgehead atoms. The summed E-state index contributed by atoms with van der Waals surface area (Å²) in [6, 6.07) is 0. The minimum Gasteiger partial charge on any atom is -0.469 e. The topological polar surface area (TPSA) is 26.3 Å².